The summed E-state index contributed by atoms with van der Waals surface area (Å²) < 4.78 is 5.51. The van der Waals surface area contributed by atoms with Crippen LogP contribution in [0.5, 0.6) is 0 Å². The number of carbonyl (C=O) groups excluding carboxylic acids is 2. The third-order valence-electron chi connectivity index (χ3n) is 16.3. The van der Waals surface area contributed by atoms with Gasteiger partial charge in [0, 0.05) is 12.8 Å². The second-order valence-electron chi connectivity index (χ2n) is 23.9. The predicted molar refractivity (Wildman–Crippen MR) is 329 cm³/mol. The number of rotatable bonds is 65. The highest BCUT2D eigenvalue weighted by Gasteiger charge is 2.18. The number of esters is 1. The molecule has 1 amide bonds. The Kier molecular flexibility index (Phi) is 63.9. The highest BCUT2D eigenvalue weighted by molar-refractivity contribution is 5.76. The highest BCUT2D eigenvalue weighted by Crippen LogP contribution is 2.19. The van der Waals surface area contributed by atoms with Crippen LogP contribution in [0.3, 0.4) is 0 Å². The molecule has 0 spiro atoms. The summed E-state index contributed by atoms with van der Waals surface area (Å²) in [4.78, 5) is 24.6. The number of hydrogen-bond acceptors (Lipinski definition) is 5. The van der Waals surface area contributed by atoms with E-state index in [2.05, 4.69) is 19.2 Å². The van der Waals surface area contributed by atoms with Gasteiger partial charge in [-0.25, -0.2) is 0 Å². The zero-order valence-corrected chi connectivity index (χ0v) is 51.1. The summed E-state index contributed by atoms with van der Waals surface area (Å²) >= 11 is 0. The quantitative estimate of drug-likeness (QED) is 0.0320. The van der Waals surface area contributed by atoms with Gasteiger partial charge in [0.15, 0.2) is 0 Å². The standard InChI is InChI=1S/C69H135NO5/c1-3-5-7-9-11-13-15-16-17-18-29-33-36-39-43-47-51-55-59-63-69(74)75-64-60-56-52-48-44-40-37-34-31-28-26-24-22-20-19-21-23-25-27-30-32-35-38-42-46-50-54-58-62-68(73)70-66(65-71)67(72)61-57-53-49-45-41-14-12-10-8-6-4-2/h57,61,66-67,71-72H,3-56,58-60,62-65H2,1-2H3,(H,70,73)/b61-57+. The molecular formula is C69H135NO5. The molecule has 6 nitrogen and oxygen atoms in total. The van der Waals surface area contributed by atoms with Crippen molar-refractivity contribution in [3.63, 3.8) is 0 Å². The van der Waals surface area contributed by atoms with Crippen molar-refractivity contribution in [3.05, 3.63) is 12.2 Å². The fraction of sp³-hybridized carbons (Fsp3) is 0.942. The van der Waals surface area contributed by atoms with E-state index < -0.39 is 12.1 Å². The SMILES string of the molecule is CCCCCCCCCCC/C=C/C(O)C(CO)NC(=O)CCCCCCCCCCCCCCCCCCCCCCCCCCCCCCOC(=O)CCCCCCCCCCCCCCCCCCCCC. The molecule has 0 heterocycles. The maximum Gasteiger partial charge on any atom is 0.305 e. The highest BCUT2D eigenvalue weighted by atomic mass is 16.5. The molecule has 0 aromatic carbocycles. The maximum atomic E-state index is 12.4. The van der Waals surface area contributed by atoms with Crippen molar-refractivity contribution in [3.8, 4) is 0 Å². The third-order valence-corrected chi connectivity index (χ3v) is 16.3. The topological polar surface area (TPSA) is 95.9 Å². The van der Waals surface area contributed by atoms with E-state index in [1.807, 2.05) is 6.08 Å². The molecule has 0 aliphatic heterocycles. The van der Waals surface area contributed by atoms with Gasteiger partial charge >= 0.3 is 5.97 Å². The first-order valence-corrected chi connectivity index (χ1v) is 34.5. The van der Waals surface area contributed by atoms with Gasteiger partial charge in [0.1, 0.15) is 0 Å². The first kappa shape index (κ1) is 73.6. The van der Waals surface area contributed by atoms with Crippen LogP contribution in [0.2, 0.25) is 0 Å². The second kappa shape index (κ2) is 65.1. The molecular weight excluding hydrogens is 923 g/mol. The Hall–Kier alpha value is -1.40. The second-order valence-corrected chi connectivity index (χ2v) is 23.9. The van der Waals surface area contributed by atoms with Crippen LogP contribution in [0, 0.1) is 0 Å². The summed E-state index contributed by atoms with van der Waals surface area (Å²) in [7, 11) is 0. The lowest BCUT2D eigenvalue weighted by Gasteiger charge is -2.20. The summed E-state index contributed by atoms with van der Waals surface area (Å²) in [5.74, 6) is -0.0401. The van der Waals surface area contributed by atoms with E-state index in [1.54, 1.807) is 6.08 Å². The van der Waals surface area contributed by atoms with E-state index in [9.17, 15) is 19.8 Å². The largest absolute Gasteiger partial charge is 0.466 e. The number of carbonyl (C=O) groups is 2. The number of aliphatic hydroxyl groups is 2. The molecule has 0 bridgehead atoms. The van der Waals surface area contributed by atoms with Crippen LogP contribution in [0.4, 0.5) is 0 Å². The molecule has 0 aromatic heterocycles. The van der Waals surface area contributed by atoms with E-state index in [-0.39, 0.29) is 18.5 Å². The summed E-state index contributed by atoms with van der Waals surface area (Å²) in [5.41, 5.74) is 0. The Morgan fingerprint density at radius 3 is 0.907 bits per heavy atom. The normalized spacial score (nSPS) is 12.5. The fourth-order valence-electron chi connectivity index (χ4n) is 11.1. The average molecular weight is 1060 g/mol. The number of aliphatic hydroxyl groups excluding tert-OH is 2. The smallest absolute Gasteiger partial charge is 0.305 e. The molecule has 0 aliphatic carbocycles. The minimum atomic E-state index is -0.840. The number of ether oxygens (including phenoxy) is 1. The summed E-state index contributed by atoms with van der Waals surface area (Å²) in [6, 6.07) is -0.623. The lowest BCUT2D eigenvalue weighted by atomic mass is 10.0. The van der Waals surface area contributed by atoms with Gasteiger partial charge in [-0.15, -0.1) is 0 Å². The first-order chi connectivity index (χ1) is 37.0. The van der Waals surface area contributed by atoms with Crippen molar-refractivity contribution in [2.24, 2.45) is 0 Å². The molecule has 0 saturated heterocycles. The van der Waals surface area contributed by atoms with Crippen molar-refractivity contribution >= 4 is 11.9 Å². The molecule has 75 heavy (non-hydrogen) atoms. The van der Waals surface area contributed by atoms with Gasteiger partial charge in [0.2, 0.25) is 5.91 Å². The van der Waals surface area contributed by atoms with Gasteiger partial charge in [-0.1, -0.05) is 360 Å². The Bertz CT molecular complexity index is 1130. The van der Waals surface area contributed by atoms with Crippen molar-refractivity contribution < 1.29 is 24.5 Å². The van der Waals surface area contributed by atoms with Crippen molar-refractivity contribution in [1.82, 2.24) is 5.32 Å². The molecule has 2 unspecified atom stereocenters. The third kappa shape index (κ3) is 61.7. The Balaban J connectivity index is 3.30. The molecule has 0 rings (SSSR count). The van der Waals surface area contributed by atoms with E-state index in [0.717, 1.165) is 38.5 Å². The first-order valence-electron chi connectivity index (χ1n) is 34.5. The summed E-state index contributed by atoms with van der Waals surface area (Å²) in [6.45, 7) is 4.93. The van der Waals surface area contributed by atoms with E-state index in [0.29, 0.717) is 19.4 Å². The Labute approximate surface area is 469 Å². The maximum absolute atomic E-state index is 12.4. The van der Waals surface area contributed by atoms with Crippen LogP contribution in [-0.4, -0.2) is 47.4 Å². The van der Waals surface area contributed by atoms with Crippen LogP contribution in [0.15, 0.2) is 12.2 Å². The van der Waals surface area contributed by atoms with Gasteiger partial charge < -0.3 is 20.3 Å². The lowest BCUT2D eigenvalue weighted by molar-refractivity contribution is -0.143. The Morgan fingerprint density at radius 2 is 0.613 bits per heavy atom. The monoisotopic (exact) mass is 1060 g/mol. The average Bonchev–Trinajstić information content (AvgIpc) is 3.41. The van der Waals surface area contributed by atoms with E-state index in [4.69, 9.17) is 4.74 Å². The number of unbranched alkanes of at least 4 members (excludes halogenated alkanes) is 54. The zero-order valence-electron chi connectivity index (χ0n) is 51.1. The Morgan fingerprint density at radius 1 is 0.360 bits per heavy atom. The molecule has 0 aliphatic rings. The van der Waals surface area contributed by atoms with E-state index in [1.165, 1.54) is 327 Å². The number of nitrogens with one attached hydrogen (secondary N) is 1. The minimum Gasteiger partial charge on any atom is -0.466 e. The van der Waals surface area contributed by atoms with Crippen LogP contribution in [0.25, 0.3) is 0 Å². The van der Waals surface area contributed by atoms with Crippen molar-refractivity contribution in [2.75, 3.05) is 13.2 Å². The van der Waals surface area contributed by atoms with Crippen LogP contribution in [-0.2, 0) is 14.3 Å². The molecule has 0 radical (unpaired) electrons. The van der Waals surface area contributed by atoms with Gasteiger partial charge in [0.25, 0.3) is 0 Å². The number of hydrogen-bond donors (Lipinski definition) is 3. The van der Waals surface area contributed by atoms with Crippen LogP contribution in [0.1, 0.15) is 393 Å². The number of amides is 1. The van der Waals surface area contributed by atoms with Gasteiger partial charge in [0.05, 0.1) is 25.4 Å². The van der Waals surface area contributed by atoms with Crippen LogP contribution >= 0.6 is 0 Å². The summed E-state index contributed by atoms with van der Waals surface area (Å²) in [5, 5.41) is 23.0. The molecule has 0 fully saturated rings. The van der Waals surface area contributed by atoms with Gasteiger partial charge in [-0.05, 0) is 32.1 Å². The number of allylic oxidation sites excluding steroid dienone is 1. The molecule has 2 atom stereocenters. The molecule has 0 saturated carbocycles. The van der Waals surface area contributed by atoms with Crippen molar-refractivity contribution in [2.45, 2.75) is 405 Å². The van der Waals surface area contributed by atoms with Gasteiger partial charge in [-0.3, -0.25) is 9.59 Å². The molecule has 6 heteroatoms. The van der Waals surface area contributed by atoms with E-state index >= 15 is 0 Å². The van der Waals surface area contributed by atoms with Gasteiger partial charge in [-0.2, -0.15) is 0 Å². The summed E-state index contributed by atoms with van der Waals surface area (Å²) in [6.07, 6.45) is 80.1. The lowest BCUT2D eigenvalue weighted by Crippen LogP contribution is -2.45. The molecule has 3 N–H and O–H groups in total. The fourth-order valence-corrected chi connectivity index (χ4v) is 11.1. The molecule has 0 aromatic rings. The predicted octanol–water partition coefficient (Wildman–Crippen LogP) is 22.0. The molecule has 446 valence electrons. The minimum absolute atomic E-state index is 0.0240. The zero-order chi connectivity index (χ0) is 54.3. The van der Waals surface area contributed by atoms with Crippen molar-refractivity contribution in [1.29, 1.82) is 0 Å². The van der Waals surface area contributed by atoms with Crippen LogP contribution < -0.4 is 5.32 Å².